The molecule has 1 amide bonds. The zero-order valence-electron chi connectivity index (χ0n) is 9.58. The van der Waals surface area contributed by atoms with E-state index in [2.05, 4.69) is 5.32 Å². The Bertz CT molecular complexity index is 449. The highest BCUT2D eigenvalue weighted by atomic mass is 19.1. The SMILES string of the molecule is O=C(O)CCNC(=O)CCc1cc(F)ccc1F. The highest BCUT2D eigenvalue weighted by Gasteiger charge is 2.07. The summed E-state index contributed by atoms with van der Waals surface area (Å²) in [6.45, 7) is 0.0276. The first-order valence-corrected chi connectivity index (χ1v) is 5.41. The Morgan fingerprint density at radius 2 is 1.94 bits per heavy atom. The van der Waals surface area contributed by atoms with Crippen LogP contribution in [-0.4, -0.2) is 23.5 Å². The van der Waals surface area contributed by atoms with Crippen molar-refractivity contribution in [1.29, 1.82) is 0 Å². The molecule has 0 unspecified atom stereocenters. The maximum absolute atomic E-state index is 13.2. The van der Waals surface area contributed by atoms with Gasteiger partial charge in [-0.1, -0.05) is 0 Å². The highest BCUT2D eigenvalue weighted by molar-refractivity contribution is 5.77. The van der Waals surface area contributed by atoms with Crippen LogP contribution >= 0.6 is 0 Å². The monoisotopic (exact) mass is 257 g/mol. The van der Waals surface area contributed by atoms with Gasteiger partial charge in [-0.05, 0) is 30.2 Å². The fraction of sp³-hybridized carbons (Fsp3) is 0.333. The van der Waals surface area contributed by atoms with Crippen molar-refractivity contribution in [3.63, 3.8) is 0 Å². The zero-order valence-corrected chi connectivity index (χ0v) is 9.58. The van der Waals surface area contributed by atoms with Gasteiger partial charge in [-0.25, -0.2) is 8.78 Å². The summed E-state index contributed by atoms with van der Waals surface area (Å²) in [6, 6.07) is 3.05. The van der Waals surface area contributed by atoms with Crippen molar-refractivity contribution in [2.45, 2.75) is 19.3 Å². The molecule has 0 fully saturated rings. The van der Waals surface area contributed by atoms with Gasteiger partial charge in [0.1, 0.15) is 11.6 Å². The number of nitrogens with one attached hydrogen (secondary N) is 1. The van der Waals surface area contributed by atoms with E-state index in [9.17, 15) is 18.4 Å². The molecule has 6 heteroatoms. The predicted octanol–water partition coefficient (Wildman–Crippen LogP) is 1.49. The second-order valence-electron chi connectivity index (χ2n) is 3.73. The smallest absolute Gasteiger partial charge is 0.305 e. The summed E-state index contributed by atoms with van der Waals surface area (Å²) >= 11 is 0. The van der Waals surface area contributed by atoms with Gasteiger partial charge in [-0.2, -0.15) is 0 Å². The summed E-state index contributed by atoms with van der Waals surface area (Å²) in [5, 5.41) is 10.7. The minimum absolute atomic E-state index is 0.0139. The fourth-order valence-corrected chi connectivity index (χ4v) is 1.38. The molecule has 0 aliphatic carbocycles. The molecular weight excluding hydrogens is 244 g/mol. The summed E-state index contributed by atoms with van der Waals surface area (Å²) in [7, 11) is 0. The van der Waals surface area contributed by atoms with E-state index in [0.717, 1.165) is 18.2 Å². The first-order valence-electron chi connectivity index (χ1n) is 5.41. The molecule has 0 bridgehead atoms. The van der Waals surface area contributed by atoms with Gasteiger partial charge in [-0.3, -0.25) is 9.59 Å². The Labute approximate surface area is 103 Å². The summed E-state index contributed by atoms with van der Waals surface area (Å²) in [6.07, 6.45) is -0.109. The highest BCUT2D eigenvalue weighted by Crippen LogP contribution is 2.11. The Hall–Kier alpha value is -1.98. The van der Waals surface area contributed by atoms with E-state index in [1.54, 1.807) is 0 Å². The van der Waals surface area contributed by atoms with Crippen LogP contribution < -0.4 is 5.32 Å². The van der Waals surface area contributed by atoms with Crippen LogP contribution in [0.4, 0.5) is 8.78 Å². The van der Waals surface area contributed by atoms with Gasteiger partial charge in [0.2, 0.25) is 5.91 Å². The third-order valence-electron chi connectivity index (χ3n) is 2.29. The lowest BCUT2D eigenvalue weighted by Gasteiger charge is -2.05. The number of aliphatic carboxylic acids is 1. The van der Waals surface area contributed by atoms with E-state index in [0.29, 0.717) is 0 Å². The van der Waals surface area contributed by atoms with E-state index in [1.807, 2.05) is 0 Å². The minimum Gasteiger partial charge on any atom is -0.481 e. The number of hydrogen-bond donors (Lipinski definition) is 2. The van der Waals surface area contributed by atoms with Crippen molar-refractivity contribution >= 4 is 11.9 Å². The fourth-order valence-electron chi connectivity index (χ4n) is 1.38. The van der Waals surface area contributed by atoms with Gasteiger partial charge in [0, 0.05) is 13.0 Å². The van der Waals surface area contributed by atoms with Crippen LogP contribution in [0.25, 0.3) is 0 Å². The quantitative estimate of drug-likeness (QED) is 0.811. The van der Waals surface area contributed by atoms with Gasteiger partial charge >= 0.3 is 5.97 Å². The van der Waals surface area contributed by atoms with Crippen molar-refractivity contribution in [2.24, 2.45) is 0 Å². The maximum Gasteiger partial charge on any atom is 0.305 e. The number of aryl methyl sites for hydroxylation is 1. The molecular formula is C12H13F2NO3. The summed E-state index contributed by atoms with van der Waals surface area (Å²) in [4.78, 5) is 21.5. The van der Waals surface area contributed by atoms with Crippen LogP contribution in [-0.2, 0) is 16.0 Å². The predicted molar refractivity (Wildman–Crippen MR) is 59.9 cm³/mol. The second-order valence-corrected chi connectivity index (χ2v) is 3.73. The number of rotatable bonds is 6. The second kappa shape index (κ2) is 6.68. The molecule has 98 valence electrons. The van der Waals surface area contributed by atoms with Gasteiger partial charge in [-0.15, -0.1) is 0 Å². The summed E-state index contributed by atoms with van der Waals surface area (Å²) in [5.41, 5.74) is 0.128. The first kappa shape index (κ1) is 14.1. The Balaban J connectivity index is 2.38. The standard InChI is InChI=1S/C12H13F2NO3/c13-9-2-3-10(14)8(7-9)1-4-11(16)15-6-5-12(17)18/h2-3,7H,1,4-6H2,(H,15,16)(H,17,18). The third kappa shape index (κ3) is 4.90. The normalized spacial score (nSPS) is 10.1. The van der Waals surface area contributed by atoms with Crippen molar-refractivity contribution in [2.75, 3.05) is 6.54 Å². The van der Waals surface area contributed by atoms with Crippen LogP contribution in [0.15, 0.2) is 18.2 Å². The molecule has 18 heavy (non-hydrogen) atoms. The number of carboxylic acid groups (broad SMARTS) is 1. The molecule has 0 aliphatic heterocycles. The van der Waals surface area contributed by atoms with Crippen molar-refractivity contribution < 1.29 is 23.5 Å². The molecule has 0 spiro atoms. The van der Waals surface area contributed by atoms with Crippen LogP contribution in [0.2, 0.25) is 0 Å². The number of halogens is 2. The van der Waals surface area contributed by atoms with Gasteiger partial charge in [0.05, 0.1) is 6.42 Å². The molecule has 2 N–H and O–H groups in total. The van der Waals surface area contributed by atoms with Crippen LogP contribution in [0.1, 0.15) is 18.4 Å². The average Bonchev–Trinajstić information content (AvgIpc) is 2.30. The van der Waals surface area contributed by atoms with Crippen molar-refractivity contribution in [3.05, 3.63) is 35.4 Å². The Morgan fingerprint density at radius 1 is 1.22 bits per heavy atom. The van der Waals surface area contributed by atoms with Crippen molar-refractivity contribution in [1.82, 2.24) is 5.32 Å². The third-order valence-corrected chi connectivity index (χ3v) is 2.29. The molecule has 1 aromatic carbocycles. The molecule has 0 aromatic heterocycles. The molecule has 0 radical (unpaired) electrons. The molecule has 1 aromatic rings. The maximum atomic E-state index is 13.2. The van der Waals surface area contributed by atoms with Crippen molar-refractivity contribution in [3.8, 4) is 0 Å². The Morgan fingerprint density at radius 3 is 2.61 bits per heavy atom. The first-order chi connectivity index (χ1) is 8.49. The summed E-state index contributed by atoms with van der Waals surface area (Å²) in [5.74, 6) is -2.51. The van der Waals surface area contributed by atoms with E-state index in [4.69, 9.17) is 5.11 Å². The molecule has 0 heterocycles. The lowest BCUT2D eigenvalue weighted by atomic mass is 10.1. The number of carbonyl (C=O) groups excluding carboxylic acids is 1. The average molecular weight is 257 g/mol. The summed E-state index contributed by atoms with van der Waals surface area (Å²) < 4.78 is 26.0. The van der Waals surface area contributed by atoms with Gasteiger partial charge in [0.15, 0.2) is 0 Å². The molecule has 0 aliphatic rings. The number of benzene rings is 1. The minimum atomic E-state index is -1.01. The lowest BCUT2D eigenvalue weighted by Crippen LogP contribution is -2.26. The lowest BCUT2D eigenvalue weighted by molar-refractivity contribution is -0.136. The van der Waals surface area contributed by atoms with Gasteiger partial charge in [0.25, 0.3) is 0 Å². The number of hydrogen-bond acceptors (Lipinski definition) is 2. The van der Waals surface area contributed by atoms with E-state index >= 15 is 0 Å². The van der Waals surface area contributed by atoms with Crippen LogP contribution in [0.5, 0.6) is 0 Å². The number of amides is 1. The number of carboxylic acids is 1. The molecule has 0 saturated heterocycles. The van der Waals surface area contributed by atoms with Crippen LogP contribution in [0.3, 0.4) is 0 Å². The molecule has 1 rings (SSSR count). The van der Waals surface area contributed by atoms with E-state index in [1.165, 1.54) is 0 Å². The van der Waals surface area contributed by atoms with E-state index < -0.39 is 17.6 Å². The Kier molecular flexibility index (Phi) is 5.23. The van der Waals surface area contributed by atoms with Crippen LogP contribution in [0, 0.1) is 11.6 Å². The van der Waals surface area contributed by atoms with E-state index in [-0.39, 0.29) is 37.3 Å². The number of carbonyl (C=O) groups is 2. The largest absolute Gasteiger partial charge is 0.481 e. The topological polar surface area (TPSA) is 66.4 Å². The molecule has 0 atom stereocenters. The zero-order chi connectivity index (χ0) is 13.5. The molecule has 4 nitrogen and oxygen atoms in total. The van der Waals surface area contributed by atoms with Gasteiger partial charge < -0.3 is 10.4 Å². The molecule has 0 saturated carbocycles.